The molecule has 2 aromatic heterocycles. The van der Waals surface area contributed by atoms with E-state index in [9.17, 15) is 4.79 Å². The van der Waals surface area contributed by atoms with Crippen LogP contribution in [-0.2, 0) is 0 Å². The van der Waals surface area contributed by atoms with Gasteiger partial charge in [0.2, 0.25) is 5.89 Å². The molecular weight excluding hydrogens is 384 g/mol. The van der Waals surface area contributed by atoms with Gasteiger partial charge in [-0.15, -0.1) is 0 Å². The highest BCUT2D eigenvalue weighted by Gasteiger charge is 2.21. The summed E-state index contributed by atoms with van der Waals surface area (Å²) in [5.74, 6) is 1.39. The van der Waals surface area contributed by atoms with Crippen LogP contribution in [0.4, 0.5) is 0 Å². The van der Waals surface area contributed by atoms with Crippen molar-refractivity contribution in [3.05, 3.63) is 76.2 Å². The Kier molecular flexibility index (Phi) is 5.24. The van der Waals surface area contributed by atoms with Crippen LogP contribution in [0.2, 0.25) is 0 Å². The van der Waals surface area contributed by atoms with Crippen LogP contribution in [0, 0.1) is 6.92 Å². The average molecular weight is 407 g/mol. The Morgan fingerprint density at radius 1 is 1.03 bits per heavy atom. The van der Waals surface area contributed by atoms with Crippen molar-refractivity contribution in [2.45, 2.75) is 44.0 Å². The van der Waals surface area contributed by atoms with Crippen molar-refractivity contribution in [2.75, 3.05) is 0 Å². The number of nitrogens with zero attached hydrogens (tertiary/aromatic N) is 4. The molecule has 29 heavy (non-hydrogen) atoms. The minimum Gasteiger partial charge on any atom is -0.338 e. The molecule has 0 aliphatic heterocycles. The summed E-state index contributed by atoms with van der Waals surface area (Å²) >= 11 is 1.43. The molecule has 0 amide bonds. The summed E-state index contributed by atoms with van der Waals surface area (Å²) in [6, 6.07) is 15.3. The first-order valence-corrected chi connectivity index (χ1v) is 10.4. The Hall–Kier alpha value is -2.93. The van der Waals surface area contributed by atoms with Crippen molar-refractivity contribution < 1.29 is 4.52 Å². The van der Waals surface area contributed by atoms with Crippen molar-refractivity contribution in [3.63, 3.8) is 0 Å². The van der Waals surface area contributed by atoms with Crippen LogP contribution in [0.3, 0.4) is 0 Å². The first-order valence-electron chi connectivity index (χ1n) is 9.53. The van der Waals surface area contributed by atoms with Crippen LogP contribution in [-0.4, -0.2) is 19.7 Å². The average Bonchev–Trinajstić information content (AvgIpc) is 3.19. The summed E-state index contributed by atoms with van der Waals surface area (Å²) in [4.78, 5) is 22.6. The van der Waals surface area contributed by atoms with E-state index in [0.29, 0.717) is 27.8 Å². The number of hydrogen-bond acceptors (Lipinski definition) is 6. The van der Waals surface area contributed by atoms with E-state index in [2.05, 4.69) is 10.1 Å². The maximum absolute atomic E-state index is 13.3. The minimum atomic E-state index is -0.154. The molecule has 0 saturated carbocycles. The highest BCUT2D eigenvalue weighted by atomic mass is 32.2. The van der Waals surface area contributed by atoms with Crippen molar-refractivity contribution in [1.29, 1.82) is 0 Å². The third-order valence-electron chi connectivity index (χ3n) is 4.61. The maximum Gasteiger partial charge on any atom is 0.266 e. The Morgan fingerprint density at radius 3 is 2.55 bits per heavy atom. The SMILES string of the molecule is Cc1cccc(-n2c(S[C@H](C)c3nc(C(C)C)no3)nc3ccccc3c2=O)c1. The van der Waals surface area contributed by atoms with Crippen molar-refractivity contribution in [2.24, 2.45) is 0 Å². The molecule has 0 aliphatic carbocycles. The van der Waals surface area contributed by atoms with Gasteiger partial charge in [0.25, 0.3) is 5.56 Å². The van der Waals surface area contributed by atoms with E-state index in [1.807, 2.05) is 76.2 Å². The van der Waals surface area contributed by atoms with E-state index >= 15 is 0 Å². The standard InChI is InChI=1S/C22H22N4O2S/c1-13(2)19-24-20(28-25-19)15(4)29-22-23-18-11-6-5-10-17(18)21(27)26(22)16-9-7-8-14(3)12-16/h5-13,15H,1-4H3/t15-/m1/s1. The van der Waals surface area contributed by atoms with E-state index in [-0.39, 0.29) is 16.7 Å². The van der Waals surface area contributed by atoms with Gasteiger partial charge in [-0.05, 0) is 43.7 Å². The first kappa shape index (κ1) is 19.4. The molecule has 0 radical (unpaired) electrons. The number of hydrogen-bond donors (Lipinski definition) is 0. The van der Waals surface area contributed by atoms with Gasteiger partial charge in [-0.2, -0.15) is 4.98 Å². The Morgan fingerprint density at radius 2 is 1.83 bits per heavy atom. The van der Waals surface area contributed by atoms with E-state index in [1.54, 1.807) is 4.57 Å². The van der Waals surface area contributed by atoms with Gasteiger partial charge in [-0.25, -0.2) is 4.98 Å². The third kappa shape index (κ3) is 3.82. The van der Waals surface area contributed by atoms with E-state index in [1.165, 1.54) is 11.8 Å². The molecule has 0 spiro atoms. The van der Waals surface area contributed by atoms with Gasteiger partial charge in [0.15, 0.2) is 11.0 Å². The minimum absolute atomic E-state index is 0.0932. The number of aromatic nitrogens is 4. The van der Waals surface area contributed by atoms with E-state index < -0.39 is 0 Å². The molecule has 7 heteroatoms. The second-order valence-electron chi connectivity index (χ2n) is 7.30. The van der Waals surface area contributed by atoms with Gasteiger partial charge in [0.1, 0.15) is 0 Å². The predicted octanol–water partition coefficient (Wildman–Crippen LogP) is 5.05. The molecule has 2 heterocycles. The number of benzene rings is 2. The second-order valence-corrected chi connectivity index (χ2v) is 8.60. The molecule has 148 valence electrons. The molecule has 0 fully saturated rings. The number of fused-ring (bicyclic) bond motifs is 1. The smallest absolute Gasteiger partial charge is 0.266 e. The fourth-order valence-corrected chi connectivity index (χ4v) is 4.00. The van der Waals surface area contributed by atoms with Crippen LogP contribution in [0.25, 0.3) is 16.6 Å². The van der Waals surface area contributed by atoms with Crippen LogP contribution in [0.15, 0.2) is 63.0 Å². The van der Waals surface area contributed by atoms with Gasteiger partial charge >= 0.3 is 0 Å². The lowest BCUT2D eigenvalue weighted by atomic mass is 10.2. The lowest BCUT2D eigenvalue weighted by Crippen LogP contribution is -2.22. The largest absolute Gasteiger partial charge is 0.338 e. The molecule has 0 bridgehead atoms. The second kappa shape index (κ2) is 7.83. The summed E-state index contributed by atoms with van der Waals surface area (Å²) in [5, 5.41) is 5.08. The van der Waals surface area contributed by atoms with Gasteiger partial charge in [0, 0.05) is 5.92 Å². The molecule has 4 rings (SSSR count). The van der Waals surface area contributed by atoms with Crippen molar-refractivity contribution in [3.8, 4) is 5.69 Å². The lowest BCUT2D eigenvalue weighted by Gasteiger charge is -2.15. The van der Waals surface area contributed by atoms with E-state index in [0.717, 1.165) is 11.3 Å². The molecule has 0 aliphatic rings. The van der Waals surface area contributed by atoms with Crippen LogP contribution in [0.1, 0.15) is 49.2 Å². The Balaban J connectivity index is 1.83. The van der Waals surface area contributed by atoms with Gasteiger partial charge in [0.05, 0.1) is 21.8 Å². The Labute approximate surface area is 173 Å². The summed E-state index contributed by atoms with van der Waals surface area (Å²) in [6.45, 7) is 8.02. The number of aryl methyl sites for hydroxylation is 1. The van der Waals surface area contributed by atoms with Crippen molar-refractivity contribution in [1.82, 2.24) is 19.7 Å². The fraction of sp³-hybridized carbons (Fsp3) is 0.273. The number of thioether (sulfide) groups is 1. The molecule has 0 unspecified atom stereocenters. The first-order chi connectivity index (χ1) is 13.9. The monoisotopic (exact) mass is 406 g/mol. The molecule has 0 saturated heterocycles. The van der Waals surface area contributed by atoms with Crippen LogP contribution in [0.5, 0.6) is 0 Å². The maximum atomic E-state index is 13.3. The molecule has 2 aromatic carbocycles. The van der Waals surface area contributed by atoms with Gasteiger partial charge < -0.3 is 4.52 Å². The number of rotatable bonds is 5. The third-order valence-corrected chi connectivity index (χ3v) is 5.65. The molecule has 0 N–H and O–H groups in total. The molecule has 6 nitrogen and oxygen atoms in total. The summed E-state index contributed by atoms with van der Waals surface area (Å²) < 4.78 is 7.11. The summed E-state index contributed by atoms with van der Waals surface area (Å²) in [5.41, 5.74) is 2.44. The fourth-order valence-electron chi connectivity index (χ4n) is 3.04. The normalized spacial score (nSPS) is 12.6. The van der Waals surface area contributed by atoms with Crippen LogP contribution < -0.4 is 5.56 Å². The molecular formula is C22H22N4O2S. The highest BCUT2D eigenvalue weighted by molar-refractivity contribution is 7.99. The van der Waals surface area contributed by atoms with Crippen molar-refractivity contribution >= 4 is 22.7 Å². The zero-order valence-corrected chi connectivity index (χ0v) is 17.6. The quantitative estimate of drug-likeness (QED) is 0.341. The van der Waals surface area contributed by atoms with Gasteiger partial charge in [-0.3, -0.25) is 9.36 Å². The summed E-state index contributed by atoms with van der Waals surface area (Å²) in [6.07, 6.45) is 0. The summed E-state index contributed by atoms with van der Waals surface area (Å²) in [7, 11) is 0. The predicted molar refractivity (Wildman–Crippen MR) is 115 cm³/mol. The number of para-hydroxylation sites is 1. The highest BCUT2D eigenvalue weighted by Crippen LogP contribution is 2.34. The molecule has 4 aromatic rings. The zero-order chi connectivity index (χ0) is 20.5. The topological polar surface area (TPSA) is 73.8 Å². The zero-order valence-electron chi connectivity index (χ0n) is 16.8. The molecule has 1 atom stereocenters. The van der Waals surface area contributed by atoms with Gasteiger partial charge in [-0.1, -0.05) is 55.0 Å². The Bertz CT molecular complexity index is 1230. The van der Waals surface area contributed by atoms with Crippen LogP contribution >= 0.6 is 11.8 Å². The lowest BCUT2D eigenvalue weighted by molar-refractivity contribution is 0.373. The van der Waals surface area contributed by atoms with E-state index in [4.69, 9.17) is 9.51 Å².